The number of piperidine rings is 1. The molecule has 1 aliphatic heterocycles. The van der Waals surface area contributed by atoms with E-state index in [0.717, 1.165) is 40.9 Å². The summed E-state index contributed by atoms with van der Waals surface area (Å²) in [5.41, 5.74) is 3.35. The summed E-state index contributed by atoms with van der Waals surface area (Å²) < 4.78 is 8.09. The summed E-state index contributed by atoms with van der Waals surface area (Å²) in [4.78, 5) is 19.5. The summed E-state index contributed by atoms with van der Waals surface area (Å²) in [5.74, 6) is 0.841. The minimum Gasteiger partial charge on any atom is -0.488 e. The third kappa shape index (κ3) is 3.77. The molecular weight excluding hydrogens is 388 g/mol. The molecule has 0 N–H and O–H groups in total. The number of amides is 1. The zero-order chi connectivity index (χ0) is 21.2. The van der Waals surface area contributed by atoms with Gasteiger partial charge in [-0.15, -0.1) is 0 Å². The van der Waals surface area contributed by atoms with Gasteiger partial charge in [0, 0.05) is 37.5 Å². The van der Waals surface area contributed by atoms with E-state index in [4.69, 9.17) is 4.74 Å². The van der Waals surface area contributed by atoms with E-state index in [-0.39, 0.29) is 12.0 Å². The van der Waals surface area contributed by atoms with E-state index in [1.165, 1.54) is 0 Å². The molecular formula is C25H24N4O2. The second-order valence-corrected chi connectivity index (χ2v) is 7.83. The van der Waals surface area contributed by atoms with Crippen molar-refractivity contribution in [1.29, 1.82) is 0 Å². The van der Waals surface area contributed by atoms with Gasteiger partial charge in [0.05, 0.1) is 23.1 Å². The average molecular weight is 412 g/mol. The molecule has 0 radical (unpaired) electrons. The molecule has 4 aromatic rings. The largest absolute Gasteiger partial charge is 0.488 e. The number of carbonyl (C=O) groups is 1. The minimum atomic E-state index is 0.0324. The number of benzene rings is 2. The lowest BCUT2D eigenvalue weighted by molar-refractivity contribution is 0.0597. The molecule has 31 heavy (non-hydrogen) atoms. The number of para-hydroxylation sites is 2. The van der Waals surface area contributed by atoms with E-state index in [0.29, 0.717) is 18.7 Å². The smallest absolute Gasteiger partial charge is 0.257 e. The van der Waals surface area contributed by atoms with Crippen LogP contribution in [0, 0.1) is 6.92 Å². The predicted octanol–water partition coefficient (Wildman–Crippen LogP) is 4.41. The first kappa shape index (κ1) is 19.3. The van der Waals surface area contributed by atoms with Crippen LogP contribution in [0.25, 0.3) is 16.6 Å². The van der Waals surface area contributed by atoms with Crippen LogP contribution in [0.5, 0.6) is 5.75 Å². The lowest BCUT2D eigenvalue weighted by atomic mass is 10.1. The van der Waals surface area contributed by atoms with Crippen LogP contribution in [0.4, 0.5) is 0 Å². The van der Waals surface area contributed by atoms with Crippen LogP contribution in [0.3, 0.4) is 0 Å². The van der Waals surface area contributed by atoms with Crippen LogP contribution in [-0.2, 0) is 0 Å². The normalized spacial score (nSPS) is 14.7. The Bertz CT molecular complexity index is 1210. The van der Waals surface area contributed by atoms with Gasteiger partial charge in [-0.3, -0.25) is 9.78 Å². The van der Waals surface area contributed by atoms with Crippen LogP contribution in [0.15, 0.2) is 73.1 Å². The lowest BCUT2D eigenvalue weighted by Gasteiger charge is -2.32. The SMILES string of the molecule is Cc1c(C(=O)N2CCC(Oc3cccc4cccnc34)CC2)cnn1-c1ccccc1. The van der Waals surface area contributed by atoms with Crippen molar-refractivity contribution >= 4 is 16.8 Å². The lowest BCUT2D eigenvalue weighted by Crippen LogP contribution is -2.42. The molecule has 1 fully saturated rings. The summed E-state index contributed by atoms with van der Waals surface area (Å²) >= 11 is 0. The van der Waals surface area contributed by atoms with Crippen LogP contribution in [0.1, 0.15) is 28.9 Å². The van der Waals surface area contributed by atoms with Crippen molar-refractivity contribution in [1.82, 2.24) is 19.7 Å². The fourth-order valence-electron chi connectivity index (χ4n) is 4.15. The maximum Gasteiger partial charge on any atom is 0.257 e. The summed E-state index contributed by atoms with van der Waals surface area (Å²) in [6, 6.07) is 19.8. The molecule has 0 bridgehead atoms. The number of hydrogen-bond donors (Lipinski definition) is 0. The first-order valence-corrected chi connectivity index (χ1v) is 10.6. The first-order valence-electron chi connectivity index (χ1n) is 10.6. The van der Waals surface area contributed by atoms with Gasteiger partial charge in [-0.2, -0.15) is 5.10 Å². The Morgan fingerprint density at radius 2 is 1.77 bits per heavy atom. The number of pyridine rings is 1. The summed E-state index contributed by atoms with van der Waals surface area (Å²) in [7, 11) is 0. The van der Waals surface area contributed by atoms with Crippen LogP contribution in [0.2, 0.25) is 0 Å². The molecule has 0 spiro atoms. The number of hydrogen-bond acceptors (Lipinski definition) is 4. The van der Waals surface area contributed by atoms with E-state index in [1.807, 2.05) is 77.2 Å². The molecule has 2 aromatic carbocycles. The zero-order valence-electron chi connectivity index (χ0n) is 17.4. The standard InChI is InChI=1S/C25H24N4O2/c1-18-22(17-27-29(18)20-9-3-2-4-10-20)25(30)28-15-12-21(13-16-28)31-23-11-5-7-19-8-6-14-26-24(19)23/h2-11,14,17,21H,12-13,15-16H2,1H3. The highest BCUT2D eigenvalue weighted by Gasteiger charge is 2.27. The second-order valence-electron chi connectivity index (χ2n) is 7.83. The highest BCUT2D eigenvalue weighted by Crippen LogP contribution is 2.27. The van der Waals surface area contributed by atoms with Gasteiger partial charge in [0.15, 0.2) is 0 Å². The third-order valence-corrected chi connectivity index (χ3v) is 5.86. The van der Waals surface area contributed by atoms with Gasteiger partial charge in [0.1, 0.15) is 17.4 Å². The molecule has 6 nitrogen and oxygen atoms in total. The monoisotopic (exact) mass is 412 g/mol. The number of carbonyl (C=O) groups excluding carboxylic acids is 1. The van der Waals surface area contributed by atoms with Crippen molar-refractivity contribution < 1.29 is 9.53 Å². The molecule has 2 aromatic heterocycles. The van der Waals surface area contributed by atoms with Crippen LogP contribution >= 0.6 is 0 Å². The molecule has 1 saturated heterocycles. The van der Waals surface area contributed by atoms with Gasteiger partial charge < -0.3 is 9.64 Å². The van der Waals surface area contributed by atoms with Crippen molar-refractivity contribution in [2.24, 2.45) is 0 Å². The molecule has 0 aliphatic carbocycles. The van der Waals surface area contributed by atoms with Gasteiger partial charge in [-0.05, 0) is 31.2 Å². The number of nitrogens with zero attached hydrogens (tertiary/aromatic N) is 4. The van der Waals surface area contributed by atoms with Crippen LogP contribution < -0.4 is 4.74 Å². The highest BCUT2D eigenvalue weighted by atomic mass is 16.5. The number of ether oxygens (including phenoxy) is 1. The summed E-state index contributed by atoms with van der Waals surface area (Å²) in [6.45, 7) is 3.27. The molecule has 3 heterocycles. The Hall–Kier alpha value is -3.67. The van der Waals surface area contributed by atoms with E-state index in [9.17, 15) is 4.79 Å². The first-order chi connectivity index (χ1) is 15.2. The van der Waals surface area contributed by atoms with Gasteiger partial charge in [0.2, 0.25) is 0 Å². The van der Waals surface area contributed by atoms with Gasteiger partial charge in [-0.1, -0.05) is 36.4 Å². The maximum absolute atomic E-state index is 13.1. The number of likely N-dealkylation sites (tertiary alicyclic amines) is 1. The van der Waals surface area contributed by atoms with Crippen molar-refractivity contribution in [3.8, 4) is 11.4 Å². The Labute approximate surface area is 181 Å². The van der Waals surface area contributed by atoms with Gasteiger partial charge in [0.25, 0.3) is 5.91 Å². The fourth-order valence-corrected chi connectivity index (χ4v) is 4.15. The van der Waals surface area contributed by atoms with Crippen molar-refractivity contribution in [2.45, 2.75) is 25.9 Å². The number of fused-ring (bicyclic) bond motifs is 1. The number of rotatable bonds is 4. The Morgan fingerprint density at radius 1 is 1.00 bits per heavy atom. The zero-order valence-corrected chi connectivity index (χ0v) is 17.4. The molecule has 156 valence electrons. The van der Waals surface area contributed by atoms with Crippen molar-refractivity contribution in [2.75, 3.05) is 13.1 Å². The molecule has 0 atom stereocenters. The Balaban J connectivity index is 1.26. The highest BCUT2D eigenvalue weighted by molar-refractivity contribution is 5.95. The minimum absolute atomic E-state index is 0.0324. The van der Waals surface area contributed by atoms with Crippen LogP contribution in [-0.4, -0.2) is 44.8 Å². The van der Waals surface area contributed by atoms with E-state index in [1.54, 1.807) is 12.4 Å². The second kappa shape index (κ2) is 8.22. The van der Waals surface area contributed by atoms with E-state index >= 15 is 0 Å². The van der Waals surface area contributed by atoms with Crippen molar-refractivity contribution in [3.05, 3.63) is 84.3 Å². The fraction of sp³-hybridized carbons (Fsp3) is 0.240. The molecule has 6 heteroatoms. The molecule has 0 saturated carbocycles. The van der Waals surface area contributed by atoms with E-state index < -0.39 is 0 Å². The van der Waals surface area contributed by atoms with E-state index in [2.05, 4.69) is 10.1 Å². The molecule has 5 rings (SSSR count). The summed E-state index contributed by atoms with van der Waals surface area (Å²) in [6.07, 6.45) is 5.12. The molecule has 0 unspecified atom stereocenters. The predicted molar refractivity (Wildman–Crippen MR) is 120 cm³/mol. The average Bonchev–Trinajstić information content (AvgIpc) is 3.21. The van der Waals surface area contributed by atoms with Gasteiger partial charge >= 0.3 is 0 Å². The molecule has 1 amide bonds. The Morgan fingerprint density at radius 3 is 2.58 bits per heavy atom. The van der Waals surface area contributed by atoms with Gasteiger partial charge in [-0.25, -0.2) is 4.68 Å². The maximum atomic E-state index is 13.1. The molecule has 1 aliphatic rings. The van der Waals surface area contributed by atoms with Crippen molar-refractivity contribution in [3.63, 3.8) is 0 Å². The quantitative estimate of drug-likeness (QED) is 0.498. The third-order valence-electron chi connectivity index (χ3n) is 5.86. The topological polar surface area (TPSA) is 60.3 Å². The Kier molecular flexibility index (Phi) is 5.12. The summed E-state index contributed by atoms with van der Waals surface area (Å²) in [5, 5.41) is 5.51. The number of aromatic nitrogens is 3.